The van der Waals surface area contributed by atoms with E-state index >= 15 is 0 Å². The van der Waals surface area contributed by atoms with Crippen LogP contribution < -0.4 is 5.32 Å². The molecule has 5 nitrogen and oxygen atoms in total. The highest BCUT2D eigenvalue weighted by Gasteiger charge is 2.23. The number of likely N-dealkylation sites (N-methyl/N-ethyl adjacent to an activating group) is 1. The first-order valence-corrected chi connectivity index (χ1v) is 8.34. The Labute approximate surface area is 134 Å². The van der Waals surface area contributed by atoms with E-state index in [0.717, 1.165) is 29.9 Å². The van der Waals surface area contributed by atoms with Crippen molar-refractivity contribution in [2.24, 2.45) is 7.05 Å². The van der Waals surface area contributed by atoms with Crippen molar-refractivity contribution in [1.82, 2.24) is 24.7 Å². The number of nitrogens with one attached hydrogen (secondary N) is 1. The largest absolute Gasteiger partial charge is 0.309 e. The molecule has 1 N–H and O–H groups in total. The van der Waals surface area contributed by atoms with Crippen LogP contribution in [0.25, 0.3) is 0 Å². The second-order valence-corrected chi connectivity index (χ2v) is 6.61. The monoisotopic (exact) mass is 327 g/mol. The fourth-order valence-electron chi connectivity index (χ4n) is 2.46. The van der Waals surface area contributed by atoms with Crippen LogP contribution in [0.15, 0.2) is 0 Å². The molecule has 2 heterocycles. The van der Waals surface area contributed by atoms with Gasteiger partial charge in [-0.3, -0.25) is 4.68 Å². The zero-order chi connectivity index (χ0) is 15.6. The number of hydrogen-bond acceptors (Lipinski definition) is 5. The zero-order valence-electron chi connectivity index (χ0n) is 13.1. The number of halogens is 1. The second kappa shape index (κ2) is 6.85. The zero-order valence-corrected chi connectivity index (χ0v) is 14.7. The van der Waals surface area contributed by atoms with Gasteiger partial charge in [0.2, 0.25) is 0 Å². The molecule has 116 valence electrons. The number of aromatic nitrogens is 4. The molecule has 0 saturated carbocycles. The predicted molar refractivity (Wildman–Crippen MR) is 87.1 cm³/mol. The lowest BCUT2D eigenvalue weighted by Gasteiger charge is -2.18. The van der Waals surface area contributed by atoms with Gasteiger partial charge in [-0.1, -0.05) is 36.9 Å². The van der Waals surface area contributed by atoms with Crippen LogP contribution in [0.4, 0.5) is 0 Å². The SMILES string of the molecule is CCNC(Cc1c(C)nn(C)c1Cl)c1snnc1C(C)C. The maximum absolute atomic E-state index is 6.37. The predicted octanol–water partition coefficient (Wildman–Crippen LogP) is 3.25. The molecule has 0 saturated heterocycles. The maximum Gasteiger partial charge on any atom is 0.130 e. The Kier molecular flexibility index (Phi) is 5.35. The third-order valence-corrected chi connectivity index (χ3v) is 4.86. The van der Waals surface area contributed by atoms with E-state index in [1.807, 2.05) is 14.0 Å². The van der Waals surface area contributed by atoms with Crippen molar-refractivity contribution in [3.05, 3.63) is 27.0 Å². The van der Waals surface area contributed by atoms with Crippen molar-refractivity contribution in [2.45, 2.75) is 46.1 Å². The first-order valence-electron chi connectivity index (χ1n) is 7.19. The molecular weight excluding hydrogens is 306 g/mol. The lowest BCUT2D eigenvalue weighted by molar-refractivity contribution is 0.548. The average Bonchev–Trinajstić information content (AvgIpc) is 2.99. The van der Waals surface area contributed by atoms with Gasteiger partial charge in [0, 0.05) is 18.7 Å². The summed E-state index contributed by atoms with van der Waals surface area (Å²) in [6.45, 7) is 9.28. The van der Waals surface area contributed by atoms with E-state index in [-0.39, 0.29) is 6.04 Å². The molecule has 0 aliphatic heterocycles. The Morgan fingerprint density at radius 1 is 1.38 bits per heavy atom. The molecule has 0 aliphatic rings. The summed E-state index contributed by atoms with van der Waals surface area (Å²) in [4.78, 5) is 1.20. The maximum atomic E-state index is 6.37. The molecular formula is C14H22ClN5S. The first kappa shape index (κ1) is 16.4. The van der Waals surface area contributed by atoms with Crippen LogP contribution >= 0.6 is 23.1 Å². The molecule has 0 bridgehead atoms. The van der Waals surface area contributed by atoms with E-state index in [1.165, 1.54) is 16.4 Å². The van der Waals surface area contributed by atoms with E-state index < -0.39 is 0 Å². The molecule has 2 aromatic rings. The highest BCUT2D eigenvalue weighted by Crippen LogP contribution is 2.31. The van der Waals surface area contributed by atoms with Crippen molar-refractivity contribution < 1.29 is 0 Å². The quantitative estimate of drug-likeness (QED) is 0.884. The fourth-order valence-corrected chi connectivity index (χ4v) is 3.59. The van der Waals surface area contributed by atoms with Gasteiger partial charge >= 0.3 is 0 Å². The number of aryl methyl sites for hydroxylation is 2. The lowest BCUT2D eigenvalue weighted by Crippen LogP contribution is -2.23. The Balaban J connectivity index is 2.33. The molecule has 0 amide bonds. The fraction of sp³-hybridized carbons (Fsp3) is 0.643. The molecule has 0 fully saturated rings. The van der Waals surface area contributed by atoms with Crippen LogP contribution in [-0.4, -0.2) is 25.9 Å². The Morgan fingerprint density at radius 2 is 2.10 bits per heavy atom. The molecule has 2 aromatic heterocycles. The van der Waals surface area contributed by atoms with Gasteiger partial charge in [0.15, 0.2) is 0 Å². The summed E-state index contributed by atoms with van der Waals surface area (Å²) in [5.74, 6) is 0.366. The molecule has 1 unspecified atom stereocenters. The molecule has 0 radical (unpaired) electrons. The Bertz CT molecular complexity index is 605. The number of nitrogens with zero attached hydrogens (tertiary/aromatic N) is 4. The van der Waals surface area contributed by atoms with Crippen molar-refractivity contribution in [3.63, 3.8) is 0 Å². The van der Waals surface area contributed by atoms with Crippen molar-refractivity contribution in [1.29, 1.82) is 0 Å². The average molecular weight is 328 g/mol. The van der Waals surface area contributed by atoms with Gasteiger partial charge in [0.1, 0.15) is 5.15 Å². The number of rotatable bonds is 6. The molecule has 0 spiro atoms. The topological polar surface area (TPSA) is 55.6 Å². The molecule has 0 aromatic carbocycles. The third kappa shape index (κ3) is 3.44. The van der Waals surface area contributed by atoms with Gasteiger partial charge in [-0.2, -0.15) is 5.10 Å². The molecule has 7 heteroatoms. The summed E-state index contributed by atoms with van der Waals surface area (Å²) >= 11 is 7.84. The standard InChI is InChI=1S/C14H22ClN5S/c1-6-16-11(13-12(8(2)3)17-19-21-13)7-10-9(4)18-20(5)14(10)15/h8,11,16H,6-7H2,1-5H3. The lowest BCUT2D eigenvalue weighted by atomic mass is 10.0. The molecule has 2 rings (SSSR count). The van der Waals surface area contributed by atoms with E-state index in [2.05, 4.69) is 40.8 Å². The van der Waals surface area contributed by atoms with Crippen LogP contribution in [0.5, 0.6) is 0 Å². The third-order valence-electron chi connectivity index (χ3n) is 3.53. The minimum Gasteiger partial charge on any atom is -0.309 e. The van der Waals surface area contributed by atoms with E-state index in [4.69, 9.17) is 11.6 Å². The van der Waals surface area contributed by atoms with Crippen LogP contribution in [0.1, 0.15) is 54.6 Å². The van der Waals surface area contributed by atoms with Gasteiger partial charge in [-0.05, 0) is 37.3 Å². The van der Waals surface area contributed by atoms with E-state index in [9.17, 15) is 0 Å². The molecule has 21 heavy (non-hydrogen) atoms. The van der Waals surface area contributed by atoms with Gasteiger partial charge < -0.3 is 5.32 Å². The first-order chi connectivity index (χ1) is 9.95. The summed E-state index contributed by atoms with van der Waals surface area (Å²) < 4.78 is 5.86. The summed E-state index contributed by atoms with van der Waals surface area (Å²) in [7, 11) is 1.87. The molecule has 1 atom stereocenters. The van der Waals surface area contributed by atoms with E-state index in [0.29, 0.717) is 11.1 Å². The van der Waals surface area contributed by atoms with Crippen LogP contribution in [-0.2, 0) is 13.5 Å². The Morgan fingerprint density at radius 3 is 2.62 bits per heavy atom. The van der Waals surface area contributed by atoms with E-state index in [1.54, 1.807) is 4.68 Å². The summed E-state index contributed by atoms with van der Waals surface area (Å²) in [5, 5.41) is 12.9. The summed E-state index contributed by atoms with van der Waals surface area (Å²) in [6.07, 6.45) is 0.802. The van der Waals surface area contributed by atoms with Gasteiger partial charge in [0.05, 0.1) is 16.3 Å². The van der Waals surface area contributed by atoms with Crippen molar-refractivity contribution in [3.8, 4) is 0 Å². The highest BCUT2D eigenvalue weighted by atomic mass is 35.5. The Hall–Kier alpha value is -0.980. The van der Waals surface area contributed by atoms with Gasteiger partial charge in [-0.25, -0.2) is 0 Å². The number of hydrogen-bond donors (Lipinski definition) is 1. The smallest absolute Gasteiger partial charge is 0.130 e. The second-order valence-electron chi connectivity index (χ2n) is 5.47. The minimum absolute atomic E-state index is 0.174. The minimum atomic E-state index is 0.174. The van der Waals surface area contributed by atoms with Gasteiger partial charge in [0.25, 0.3) is 0 Å². The molecule has 0 aliphatic carbocycles. The summed E-state index contributed by atoms with van der Waals surface area (Å²) in [5.41, 5.74) is 3.14. The van der Waals surface area contributed by atoms with Crippen molar-refractivity contribution in [2.75, 3.05) is 6.54 Å². The highest BCUT2D eigenvalue weighted by molar-refractivity contribution is 7.05. The normalized spacial score (nSPS) is 13.1. The summed E-state index contributed by atoms with van der Waals surface area (Å²) in [6, 6.07) is 0.174. The van der Waals surface area contributed by atoms with Crippen molar-refractivity contribution >= 4 is 23.1 Å². The van der Waals surface area contributed by atoms with Crippen LogP contribution in [0.3, 0.4) is 0 Å². The van der Waals surface area contributed by atoms with Gasteiger partial charge in [-0.15, -0.1) is 5.10 Å². The van der Waals surface area contributed by atoms with Crippen LogP contribution in [0, 0.1) is 6.92 Å². The van der Waals surface area contributed by atoms with Crippen LogP contribution in [0.2, 0.25) is 5.15 Å².